The van der Waals surface area contributed by atoms with Gasteiger partial charge in [-0.15, -0.1) is 11.3 Å². The summed E-state index contributed by atoms with van der Waals surface area (Å²) in [5.74, 6) is -0.865. The number of fused-ring (bicyclic) bond motifs is 1. The van der Waals surface area contributed by atoms with Crippen molar-refractivity contribution in [3.63, 3.8) is 0 Å². The Morgan fingerprint density at radius 1 is 1.50 bits per heavy atom. The van der Waals surface area contributed by atoms with Gasteiger partial charge in [0.25, 0.3) is 0 Å². The van der Waals surface area contributed by atoms with Gasteiger partial charge in [-0.05, 0) is 36.9 Å². The van der Waals surface area contributed by atoms with Crippen molar-refractivity contribution >= 4 is 37.5 Å². The molecule has 0 unspecified atom stereocenters. The van der Waals surface area contributed by atoms with Crippen molar-refractivity contribution in [3.05, 3.63) is 23.7 Å². The molecule has 0 saturated heterocycles. The molecule has 0 radical (unpaired) electrons. The van der Waals surface area contributed by atoms with Crippen molar-refractivity contribution in [1.29, 1.82) is 0 Å². The number of hydrogen-bond acceptors (Lipinski definition) is 6. The van der Waals surface area contributed by atoms with Gasteiger partial charge in [0.1, 0.15) is 4.90 Å². The van der Waals surface area contributed by atoms with Gasteiger partial charge < -0.3 is 5.11 Å². The van der Waals surface area contributed by atoms with E-state index in [0.717, 1.165) is 10.2 Å². The number of nitrogens with zero attached hydrogens (tertiary/aromatic N) is 2. The second kappa shape index (κ2) is 6.75. The SMILES string of the molecule is CCN(CC(=O)O)C1CC(NS(=O)(=O)c2cnc3ccsc3c2)C1. The number of aliphatic carboxylic acids is 1. The molecule has 1 aliphatic carbocycles. The van der Waals surface area contributed by atoms with Gasteiger partial charge in [-0.25, -0.2) is 13.1 Å². The molecule has 2 aromatic rings. The Balaban J connectivity index is 1.63. The molecule has 2 N–H and O–H groups in total. The zero-order valence-corrected chi connectivity index (χ0v) is 14.8. The first-order valence-electron chi connectivity index (χ1n) is 7.70. The molecule has 7 nitrogen and oxygen atoms in total. The highest BCUT2D eigenvalue weighted by atomic mass is 32.2. The van der Waals surface area contributed by atoms with E-state index in [0.29, 0.717) is 19.4 Å². The van der Waals surface area contributed by atoms with E-state index in [1.807, 2.05) is 23.3 Å². The molecule has 1 aliphatic rings. The zero-order valence-electron chi connectivity index (χ0n) is 13.2. The van der Waals surface area contributed by atoms with E-state index >= 15 is 0 Å². The van der Waals surface area contributed by atoms with E-state index in [1.54, 1.807) is 6.07 Å². The number of carboxylic acids is 1. The van der Waals surface area contributed by atoms with E-state index in [9.17, 15) is 13.2 Å². The van der Waals surface area contributed by atoms with Crippen LogP contribution in [0.2, 0.25) is 0 Å². The summed E-state index contributed by atoms with van der Waals surface area (Å²) in [6, 6.07) is 3.43. The molecule has 0 aromatic carbocycles. The third-order valence-electron chi connectivity index (χ3n) is 4.28. The topological polar surface area (TPSA) is 99.6 Å². The fourth-order valence-corrected chi connectivity index (χ4v) is 5.00. The Bertz CT molecular complexity index is 843. The molecule has 0 bridgehead atoms. The van der Waals surface area contributed by atoms with Crippen LogP contribution in [0, 0.1) is 0 Å². The third kappa shape index (κ3) is 3.59. The number of sulfonamides is 1. The lowest BCUT2D eigenvalue weighted by Gasteiger charge is -2.42. The summed E-state index contributed by atoms with van der Waals surface area (Å²) in [5, 5.41) is 10.8. The standard InChI is InChI=1S/C15H19N3O4S2/c1-2-18(9-15(19)20)11-5-10(6-11)17-24(21,22)12-7-14-13(16-8-12)3-4-23-14/h3-4,7-8,10-11,17H,2,5-6,9H2,1H3,(H,19,20). The molecule has 2 aromatic heterocycles. The number of carboxylic acid groups (broad SMARTS) is 1. The Hall–Kier alpha value is -1.55. The van der Waals surface area contributed by atoms with Crippen LogP contribution in [0.1, 0.15) is 19.8 Å². The minimum atomic E-state index is -3.61. The number of thiophene rings is 1. The average molecular weight is 369 g/mol. The van der Waals surface area contributed by atoms with Crippen LogP contribution in [0.5, 0.6) is 0 Å². The quantitative estimate of drug-likeness (QED) is 0.767. The van der Waals surface area contributed by atoms with Crippen LogP contribution in [0.15, 0.2) is 28.6 Å². The first-order chi connectivity index (χ1) is 11.4. The van der Waals surface area contributed by atoms with Crippen molar-refractivity contribution in [2.24, 2.45) is 0 Å². The van der Waals surface area contributed by atoms with Crippen LogP contribution in [0.3, 0.4) is 0 Å². The van der Waals surface area contributed by atoms with Gasteiger partial charge >= 0.3 is 5.97 Å². The highest BCUT2D eigenvalue weighted by Gasteiger charge is 2.36. The van der Waals surface area contributed by atoms with Crippen molar-refractivity contribution in [1.82, 2.24) is 14.6 Å². The van der Waals surface area contributed by atoms with Crippen molar-refractivity contribution in [2.45, 2.75) is 36.7 Å². The zero-order chi connectivity index (χ0) is 17.3. The second-order valence-electron chi connectivity index (χ2n) is 5.88. The van der Waals surface area contributed by atoms with E-state index in [4.69, 9.17) is 5.11 Å². The van der Waals surface area contributed by atoms with Crippen molar-refractivity contribution in [3.8, 4) is 0 Å². The maximum absolute atomic E-state index is 12.5. The number of likely N-dealkylation sites (N-methyl/N-ethyl adjacent to an activating group) is 1. The molecular weight excluding hydrogens is 350 g/mol. The maximum Gasteiger partial charge on any atom is 0.317 e. The molecule has 0 spiro atoms. The molecule has 0 amide bonds. The molecular formula is C15H19N3O4S2. The Morgan fingerprint density at radius 3 is 2.92 bits per heavy atom. The molecule has 2 heterocycles. The van der Waals surface area contributed by atoms with E-state index in [-0.39, 0.29) is 23.5 Å². The van der Waals surface area contributed by atoms with Crippen LogP contribution >= 0.6 is 11.3 Å². The number of carbonyl (C=O) groups is 1. The summed E-state index contributed by atoms with van der Waals surface area (Å²) >= 11 is 1.45. The van der Waals surface area contributed by atoms with Crippen LogP contribution in [-0.2, 0) is 14.8 Å². The summed E-state index contributed by atoms with van der Waals surface area (Å²) in [7, 11) is -3.61. The molecule has 9 heteroatoms. The Kier molecular flexibility index (Phi) is 4.86. The van der Waals surface area contributed by atoms with Gasteiger partial charge in [0, 0.05) is 18.3 Å². The fraction of sp³-hybridized carbons (Fsp3) is 0.467. The summed E-state index contributed by atoms with van der Waals surface area (Å²) in [5.41, 5.74) is 0.787. The minimum absolute atomic E-state index is 0.0143. The highest BCUT2D eigenvalue weighted by molar-refractivity contribution is 7.89. The summed E-state index contributed by atoms with van der Waals surface area (Å²) in [4.78, 5) is 17.0. The first-order valence-corrected chi connectivity index (χ1v) is 10.1. The highest BCUT2D eigenvalue weighted by Crippen LogP contribution is 2.28. The Morgan fingerprint density at radius 2 is 2.25 bits per heavy atom. The largest absolute Gasteiger partial charge is 0.480 e. The van der Waals surface area contributed by atoms with Crippen LogP contribution in [0.25, 0.3) is 10.2 Å². The number of hydrogen-bond donors (Lipinski definition) is 2. The average Bonchev–Trinajstić information content (AvgIpc) is 2.95. The number of nitrogens with one attached hydrogen (secondary N) is 1. The van der Waals surface area contributed by atoms with Gasteiger partial charge in [0.2, 0.25) is 10.0 Å². The molecule has 0 atom stereocenters. The molecule has 3 rings (SSSR count). The van der Waals surface area contributed by atoms with Crippen LogP contribution < -0.4 is 4.72 Å². The van der Waals surface area contributed by atoms with E-state index in [2.05, 4.69) is 9.71 Å². The van der Waals surface area contributed by atoms with Crippen molar-refractivity contribution < 1.29 is 18.3 Å². The van der Waals surface area contributed by atoms with Crippen LogP contribution in [0.4, 0.5) is 0 Å². The monoisotopic (exact) mass is 369 g/mol. The molecule has 1 fully saturated rings. The van der Waals surface area contributed by atoms with Gasteiger partial charge in [0.15, 0.2) is 0 Å². The number of rotatable bonds is 7. The van der Waals surface area contributed by atoms with Gasteiger partial charge in [0.05, 0.1) is 16.8 Å². The summed E-state index contributed by atoms with van der Waals surface area (Å²) in [6.07, 6.45) is 2.61. The predicted molar refractivity (Wildman–Crippen MR) is 91.6 cm³/mol. The first kappa shape index (κ1) is 17.3. The predicted octanol–water partition coefficient (Wildman–Crippen LogP) is 1.51. The maximum atomic E-state index is 12.5. The van der Waals surface area contributed by atoms with Gasteiger partial charge in [-0.2, -0.15) is 0 Å². The smallest absolute Gasteiger partial charge is 0.317 e. The van der Waals surface area contributed by atoms with E-state index < -0.39 is 16.0 Å². The molecule has 130 valence electrons. The summed E-state index contributed by atoms with van der Waals surface area (Å²) < 4.78 is 28.5. The summed E-state index contributed by atoms with van der Waals surface area (Å²) in [6.45, 7) is 2.53. The lowest BCUT2D eigenvalue weighted by Crippen LogP contribution is -2.54. The molecule has 0 aliphatic heterocycles. The molecule has 1 saturated carbocycles. The van der Waals surface area contributed by atoms with Gasteiger partial charge in [-0.3, -0.25) is 14.7 Å². The Labute approximate surface area is 144 Å². The number of pyridine rings is 1. The van der Waals surface area contributed by atoms with Crippen LogP contribution in [-0.4, -0.2) is 54.6 Å². The third-order valence-corrected chi connectivity index (χ3v) is 6.62. The lowest BCUT2D eigenvalue weighted by molar-refractivity contribution is -0.139. The lowest BCUT2D eigenvalue weighted by atomic mass is 9.86. The second-order valence-corrected chi connectivity index (χ2v) is 8.54. The normalized spacial score (nSPS) is 21.1. The number of aromatic nitrogens is 1. The van der Waals surface area contributed by atoms with E-state index in [1.165, 1.54) is 17.5 Å². The minimum Gasteiger partial charge on any atom is -0.480 e. The van der Waals surface area contributed by atoms with Crippen molar-refractivity contribution in [2.75, 3.05) is 13.1 Å². The molecule has 24 heavy (non-hydrogen) atoms. The fourth-order valence-electron chi connectivity index (χ4n) is 2.92. The van der Waals surface area contributed by atoms with Gasteiger partial charge in [-0.1, -0.05) is 6.92 Å².